The number of methoxy groups -OCH3 is 1. The zero-order valence-electron chi connectivity index (χ0n) is 12.9. The van der Waals surface area contributed by atoms with Gasteiger partial charge >= 0.3 is 0 Å². The van der Waals surface area contributed by atoms with Gasteiger partial charge in [-0.25, -0.2) is 0 Å². The second-order valence-corrected chi connectivity index (χ2v) is 5.20. The molecule has 3 heteroatoms. The Kier molecular flexibility index (Phi) is 4.71. The third-order valence-corrected chi connectivity index (χ3v) is 2.96. The summed E-state index contributed by atoms with van der Waals surface area (Å²) in [4.78, 5) is 0. The molecule has 2 aromatic carbocycles. The maximum absolute atomic E-state index is 8.80. The number of hydrogen-bond donors (Lipinski definition) is 0. The van der Waals surface area contributed by atoms with Gasteiger partial charge in [-0.3, -0.25) is 0 Å². The van der Waals surface area contributed by atoms with E-state index < -0.39 is 5.60 Å². The van der Waals surface area contributed by atoms with Crippen LogP contribution in [-0.4, -0.2) is 12.7 Å². The Morgan fingerprint density at radius 3 is 2.32 bits per heavy atom. The third kappa shape index (κ3) is 4.04. The smallest absolute Gasteiger partial charge is 0.164 e. The van der Waals surface area contributed by atoms with E-state index in [1.807, 2.05) is 38.1 Å². The fraction of sp³-hybridized carbons (Fsp3) is 0.211. The largest absolute Gasteiger partial charge is 0.495 e. The topological polar surface area (TPSA) is 42.2 Å². The van der Waals surface area contributed by atoms with Crippen molar-refractivity contribution in [1.29, 1.82) is 5.26 Å². The molecule has 3 nitrogen and oxygen atoms in total. The Balaban J connectivity index is 2.17. The average Bonchev–Trinajstić information content (AvgIpc) is 2.53. The van der Waals surface area contributed by atoms with E-state index in [9.17, 15) is 0 Å². The first-order valence-corrected chi connectivity index (χ1v) is 6.89. The lowest BCUT2D eigenvalue weighted by molar-refractivity contribution is 0.172. The highest BCUT2D eigenvalue weighted by Gasteiger charge is 2.16. The van der Waals surface area contributed by atoms with Gasteiger partial charge in [0.25, 0.3) is 0 Å². The van der Waals surface area contributed by atoms with Gasteiger partial charge in [-0.2, -0.15) is 5.26 Å². The SMILES string of the molecule is COc1ccccc1C#CC(C)(C)Oc1ccc(C#N)cc1. The first kappa shape index (κ1) is 15.5. The maximum atomic E-state index is 8.80. The molecule has 0 heterocycles. The molecule has 2 rings (SSSR count). The van der Waals surface area contributed by atoms with Crippen LogP contribution in [0.15, 0.2) is 48.5 Å². The zero-order chi connectivity index (χ0) is 16.0. The summed E-state index contributed by atoms with van der Waals surface area (Å²) in [5.41, 5.74) is 0.765. The molecule has 0 spiro atoms. The van der Waals surface area contributed by atoms with Crippen LogP contribution in [0.3, 0.4) is 0 Å². The number of hydrogen-bond acceptors (Lipinski definition) is 3. The predicted octanol–water partition coefficient (Wildman–Crippen LogP) is 3.78. The molecular weight excluding hydrogens is 274 g/mol. The standard InChI is InChI=1S/C19H17NO2/c1-19(2,22-17-10-8-15(14-20)9-11-17)13-12-16-6-4-5-7-18(16)21-3/h4-11H,1-3H3. The first-order chi connectivity index (χ1) is 10.5. The molecule has 0 saturated heterocycles. The predicted molar refractivity (Wildman–Crippen MR) is 85.7 cm³/mol. The second kappa shape index (κ2) is 6.70. The molecule has 0 aromatic heterocycles. The molecule has 2 aromatic rings. The highest BCUT2D eigenvalue weighted by Crippen LogP contribution is 2.20. The minimum Gasteiger partial charge on any atom is -0.495 e. The quantitative estimate of drug-likeness (QED) is 0.808. The molecule has 0 unspecified atom stereocenters. The fourth-order valence-corrected chi connectivity index (χ4v) is 1.88. The van der Waals surface area contributed by atoms with Crippen molar-refractivity contribution in [2.45, 2.75) is 19.4 Å². The molecule has 0 N–H and O–H groups in total. The van der Waals surface area contributed by atoms with Crippen molar-refractivity contribution in [3.63, 3.8) is 0 Å². The van der Waals surface area contributed by atoms with Gasteiger partial charge in [-0.1, -0.05) is 24.0 Å². The number of rotatable bonds is 3. The van der Waals surface area contributed by atoms with Crippen molar-refractivity contribution in [3.8, 4) is 29.4 Å². The molecule has 0 amide bonds. The van der Waals surface area contributed by atoms with Gasteiger partial charge in [0.05, 0.1) is 24.3 Å². The van der Waals surface area contributed by atoms with E-state index >= 15 is 0 Å². The molecule has 0 radical (unpaired) electrons. The van der Waals surface area contributed by atoms with E-state index in [1.54, 1.807) is 31.4 Å². The van der Waals surface area contributed by atoms with Crippen molar-refractivity contribution < 1.29 is 9.47 Å². The van der Waals surface area contributed by atoms with Crippen LogP contribution >= 0.6 is 0 Å². The van der Waals surface area contributed by atoms with E-state index in [2.05, 4.69) is 17.9 Å². The summed E-state index contributed by atoms with van der Waals surface area (Å²) in [5.74, 6) is 7.62. The minimum absolute atomic E-state index is 0.602. The molecule has 110 valence electrons. The van der Waals surface area contributed by atoms with Gasteiger partial charge < -0.3 is 9.47 Å². The van der Waals surface area contributed by atoms with Crippen LogP contribution in [-0.2, 0) is 0 Å². The van der Waals surface area contributed by atoms with Gasteiger partial charge in [-0.05, 0) is 50.2 Å². The van der Waals surface area contributed by atoms with Gasteiger partial charge in [-0.15, -0.1) is 0 Å². The maximum Gasteiger partial charge on any atom is 0.164 e. The molecule has 0 bridgehead atoms. The number of ether oxygens (including phenoxy) is 2. The molecule has 0 saturated carbocycles. The van der Waals surface area contributed by atoms with Crippen LogP contribution in [0.5, 0.6) is 11.5 Å². The summed E-state index contributed by atoms with van der Waals surface area (Å²) in [6, 6.07) is 16.7. The van der Waals surface area contributed by atoms with Crippen LogP contribution in [0.25, 0.3) is 0 Å². The van der Waals surface area contributed by atoms with Crippen LogP contribution in [0.2, 0.25) is 0 Å². The fourth-order valence-electron chi connectivity index (χ4n) is 1.88. The number of nitrogens with zero attached hydrogens (tertiary/aromatic N) is 1. The summed E-state index contributed by atoms with van der Waals surface area (Å²) in [6.07, 6.45) is 0. The Bertz CT molecular complexity index is 743. The summed E-state index contributed by atoms with van der Waals surface area (Å²) >= 11 is 0. The highest BCUT2D eigenvalue weighted by molar-refractivity contribution is 5.47. The molecule has 0 aliphatic carbocycles. The molecule has 0 fully saturated rings. The highest BCUT2D eigenvalue weighted by atomic mass is 16.5. The van der Waals surface area contributed by atoms with E-state index in [1.165, 1.54) is 0 Å². The van der Waals surface area contributed by atoms with Gasteiger partial charge in [0, 0.05) is 0 Å². The molecular formula is C19H17NO2. The summed E-state index contributed by atoms with van der Waals surface area (Å²) in [7, 11) is 1.62. The van der Waals surface area contributed by atoms with Crippen LogP contribution in [0, 0.1) is 23.2 Å². The zero-order valence-corrected chi connectivity index (χ0v) is 12.9. The van der Waals surface area contributed by atoms with Gasteiger partial charge in [0.2, 0.25) is 0 Å². The lowest BCUT2D eigenvalue weighted by Crippen LogP contribution is -2.25. The lowest BCUT2D eigenvalue weighted by Gasteiger charge is -2.20. The average molecular weight is 291 g/mol. The van der Waals surface area contributed by atoms with E-state index in [4.69, 9.17) is 14.7 Å². The van der Waals surface area contributed by atoms with Gasteiger partial charge in [0.1, 0.15) is 11.5 Å². The Hall–Kier alpha value is -2.91. The second-order valence-electron chi connectivity index (χ2n) is 5.20. The summed E-state index contributed by atoms with van der Waals surface area (Å²) in [6.45, 7) is 3.79. The lowest BCUT2D eigenvalue weighted by atomic mass is 10.1. The van der Waals surface area contributed by atoms with Crippen LogP contribution in [0.1, 0.15) is 25.0 Å². The number of para-hydroxylation sites is 1. The third-order valence-electron chi connectivity index (χ3n) is 2.96. The van der Waals surface area contributed by atoms with Crippen molar-refractivity contribution in [3.05, 3.63) is 59.7 Å². The normalized spacial score (nSPS) is 10.1. The number of nitriles is 1. The van der Waals surface area contributed by atoms with Crippen molar-refractivity contribution in [2.75, 3.05) is 7.11 Å². The molecule has 0 aliphatic heterocycles. The monoisotopic (exact) mass is 291 g/mol. The van der Waals surface area contributed by atoms with Crippen LogP contribution < -0.4 is 9.47 Å². The Morgan fingerprint density at radius 1 is 1.00 bits per heavy atom. The minimum atomic E-state index is -0.658. The molecule has 0 atom stereocenters. The van der Waals surface area contributed by atoms with Crippen molar-refractivity contribution in [1.82, 2.24) is 0 Å². The van der Waals surface area contributed by atoms with E-state index in [0.29, 0.717) is 11.3 Å². The Labute approximate surface area is 131 Å². The summed E-state index contributed by atoms with van der Waals surface area (Å²) < 4.78 is 11.2. The van der Waals surface area contributed by atoms with E-state index in [-0.39, 0.29) is 0 Å². The van der Waals surface area contributed by atoms with Gasteiger partial charge in [0.15, 0.2) is 5.60 Å². The van der Waals surface area contributed by atoms with Crippen molar-refractivity contribution in [2.24, 2.45) is 0 Å². The van der Waals surface area contributed by atoms with E-state index in [0.717, 1.165) is 11.3 Å². The Morgan fingerprint density at radius 2 is 1.68 bits per heavy atom. The van der Waals surface area contributed by atoms with Crippen molar-refractivity contribution >= 4 is 0 Å². The molecule has 0 aliphatic rings. The summed E-state index contributed by atoms with van der Waals surface area (Å²) in [5, 5.41) is 8.80. The number of benzene rings is 2. The van der Waals surface area contributed by atoms with Crippen LogP contribution in [0.4, 0.5) is 0 Å². The molecule has 22 heavy (non-hydrogen) atoms. The first-order valence-electron chi connectivity index (χ1n) is 6.89.